The molecule has 1 heterocycles. The molecule has 0 radical (unpaired) electrons. The summed E-state index contributed by atoms with van der Waals surface area (Å²) in [7, 11) is -3.74. The molecule has 1 saturated heterocycles. The molecule has 9 heteroatoms. The molecule has 0 aromatic heterocycles. The van der Waals surface area contributed by atoms with Crippen molar-refractivity contribution in [3.63, 3.8) is 0 Å². The Kier molecular flexibility index (Phi) is 3.63. The number of amides is 1. The average Bonchev–Trinajstić information content (AvgIpc) is 2.70. The van der Waals surface area contributed by atoms with E-state index in [-0.39, 0.29) is 5.75 Å². The molecule has 1 unspecified atom stereocenters. The van der Waals surface area contributed by atoms with E-state index in [9.17, 15) is 25.9 Å². The van der Waals surface area contributed by atoms with Crippen LogP contribution in [0.4, 0.5) is 18.4 Å². The number of anilines is 1. The van der Waals surface area contributed by atoms with Crippen molar-refractivity contribution < 1.29 is 30.6 Å². The van der Waals surface area contributed by atoms with Crippen molar-refractivity contribution in [1.29, 1.82) is 0 Å². The minimum atomic E-state index is -4.95. The minimum Gasteiger partial charge on any atom is -0.497 e. The highest BCUT2D eigenvalue weighted by atomic mass is 32.3. The molecule has 0 spiro atoms. The summed E-state index contributed by atoms with van der Waals surface area (Å²) in [5.41, 5.74) is -0.707. The predicted molar refractivity (Wildman–Crippen MR) is 63.7 cm³/mol. The maximum atomic E-state index is 13.8. The second-order valence-corrected chi connectivity index (χ2v) is 5.86. The van der Waals surface area contributed by atoms with Crippen molar-refractivity contribution in [3.8, 4) is 5.75 Å². The normalized spacial score (nSPS) is 19.5. The van der Waals surface area contributed by atoms with Crippen molar-refractivity contribution in [2.45, 2.75) is 11.7 Å². The molecule has 0 N–H and O–H groups in total. The lowest BCUT2D eigenvalue weighted by atomic mass is 10.2. The monoisotopic (exact) mass is 309 g/mol. The number of benzene rings is 1. The predicted octanol–water partition coefficient (Wildman–Crippen LogP) is 1.38. The highest BCUT2D eigenvalue weighted by Gasteiger charge is 2.41. The number of rotatable bonds is 3. The molecule has 1 aromatic carbocycles. The van der Waals surface area contributed by atoms with Crippen LogP contribution in [-0.2, 0) is 15.0 Å². The van der Waals surface area contributed by atoms with Gasteiger partial charge in [0.1, 0.15) is 16.7 Å². The van der Waals surface area contributed by atoms with Crippen LogP contribution in [0, 0.1) is 11.6 Å². The van der Waals surface area contributed by atoms with Crippen LogP contribution in [0.1, 0.15) is 6.42 Å². The minimum absolute atomic E-state index is 0.0925. The van der Waals surface area contributed by atoms with Gasteiger partial charge in [-0.3, -0.25) is 4.79 Å². The number of halogens is 3. The van der Waals surface area contributed by atoms with Gasteiger partial charge in [-0.05, 0) is 0 Å². The number of hydrogen-bond donors (Lipinski definition) is 0. The maximum Gasteiger partial charge on any atom is 0.307 e. The zero-order valence-corrected chi connectivity index (χ0v) is 11.1. The summed E-state index contributed by atoms with van der Waals surface area (Å²) in [6, 6.07) is 1.70. The Morgan fingerprint density at radius 2 is 1.85 bits per heavy atom. The fraction of sp³-hybridized carbons (Fsp3) is 0.364. The molecule has 0 aliphatic carbocycles. The molecule has 110 valence electrons. The van der Waals surface area contributed by atoms with Gasteiger partial charge < -0.3 is 9.64 Å². The van der Waals surface area contributed by atoms with Crippen LogP contribution in [0.3, 0.4) is 0 Å². The Balaban J connectivity index is 2.41. The van der Waals surface area contributed by atoms with Crippen LogP contribution in [0.2, 0.25) is 0 Å². The number of ether oxygens (including phenoxy) is 1. The summed E-state index contributed by atoms with van der Waals surface area (Å²) >= 11 is 0. The third kappa shape index (κ3) is 2.58. The Bertz CT molecular complexity index is 639. The fourth-order valence-corrected chi connectivity index (χ4v) is 2.67. The van der Waals surface area contributed by atoms with Crippen LogP contribution >= 0.6 is 0 Å². The molecule has 1 amide bonds. The number of nitrogens with zero attached hydrogens (tertiary/aromatic N) is 1. The third-order valence-electron chi connectivity index (χ3n) is 2.98. The molecule has 5 nitrogen and oxygen atoms in total. The van der Waals surface area contributed by atoms with Gasteiger partial charge in [0.25, 0.3) is 0 Å². The molecule has 0 bridgehead atoms. The van der Waals surface area contributed by atoms with Gasteiger partial charge in [0.2, 0.25) is 5.91 Å². The molecular weight excluding hydrogens is 299 g/mol. The van der Waals surface area contributed by atoms with Gasteiger partial charge in [0.05, 0.1) is 7.11 Å². The molecule has 20 heavy (non-hydrogen) atoms. The first-order valence-corrected chi connectivity index (χ1v) is 6.95. The van der Waals surface area contributed by atoms with E-state index in [1.165, 1.54) is 7.11 Å². The lowest BCUT2D eigenvalue weighted by Crippen LogP contribution is -2.28. The molecule has 1 atom stereocenters. The highest BCUT2D eigenvalue weighted by molar-refractivity contribution is 7.87. The summed E-state index contributed by atoms with van der Waals surface area (Å²) < 4.78 is 66.6. The largest absolute Gasteiger partial charge is 0.497 e. The van der Waals surface area contributed by atoms with Crippen LogP contribution in [0.5, 0.6) is 5.75 Å². The van der Waals surface area contributed by atoms with Crippen LogP contribution in [-0.4, -0.2) is 33.2 Å². The van der Waals surface area contributed by atoms with Crippen LogP contribution in [0.15, 0.2) is 12.1 Å². The molecule has 1 aliphatic rings. The quantitative estimate of drug-likeness (QED) is 0.791. The number of carbonyl (C=O) groups excluding carboxylic acids is 1. The van der Waals surface area contributed by atoms with Gasteiger partial charge >= 0.3 is 10.2 Å². The Morgan fingerprint density at radius 1 is 1.30 bits per heavy atom. The fourth-order valence-electron chi connectivity index (χ4n) is 2.00. The van der Waals surface area contributed by atoms with Crippen molar-refractivity contribution in [2.24, 2.45) is 0 Å². The molecule has 1 aliphatic heterocycles. The smallest absolute Gasteiger partial charge is 0.307 e. The number of methoxy groups -OCH3 is 1. The Hall–Kier alpha value is -1.77. The zero-order valence-electron chi connectivity index (χ0n) is 10.3. The molecule has 0 saturated carbocycles. The SMILES string of the molecule is COc1cc(F)c(N2CC(S(=O)(=O)F)CC2=O)c(F)c1. The molecule has 1 aromatic rings. The van der Waals surface area contributed by atoms with E-state index in [1.54, 1.807) is 0 Å². The van der Waals surface area contributed by atoms with Gasteiger partial charge in [-0.15, -0.1) is 3.89 Å². The lowest BCUT2D eigenvalue weighted by molar-refractivity contribution is -0.117. The first kappa shape index (κ1) is 14.6. The standard InChI is InChI=1S/C11H10F3NO4S/c1-19-6-2-8(12)11(9(13)3-6)15-5-7(4-10(15)16)20(14,17)18/h2-3,7H,4-5H2,1H3. The van der Waals surface area contributed by atoms with Crippen molar-refractivity contribution in [2.75, 3.05) is 18.6 Å². The molecule has 1 fully saturated rings. The second-order valence-electron chi connectivity index (χ2n) is 4.25. The number of hydrogen-bond acceptors (Lipinski definition) is 4. The van der Waals surface area contributed by atoms with Gasteiger partial charge in [0.15, 0.2) is 11.6 Å². The van der Waals surface area contributed by atoms with E-state index in [0.717, 1.165) is 12.1 Å². The van der Waals surface area contributed by atoms with Crippen LogP contribution in [0.25, 0.3) is 0 Å². The zero-order chi connectivity index (χ0) is 15.1. The third-order valence-corrected chi connectivity index (χ3v) is 4.10. The van der Waals surface area contributed by atoms with Crippen molar-refractivity contribution >= 4 is 21.8 Å². The van der Waals surface area contributed by atoms with E-state index >= 15 is 0 Å². The number of carbonyl (C=O) groups is 1. The first-order chi connectivity index (χ1) is 9.24. The van der Waals surface area contributed by atoms with E-state index in [2.05, 4.69) is 4.74 Å². The summed E-state index contributed by atoms with van der Waals surface area (Å²) in [6.07, 6.45) is -0.649. The molecule has 2 rings (SSSR count). The van der Waals surface area contributed by atoms with Crippen molar-refractivity contribution in [3.05, 3.63) is 23.8 Å². The summed E-state index contributed by atoms with van der Waals surface area (Å²) in [5, 5.41) is -1.61. The lowest BCUT2D eigenvalue weighted by Gasteiger charge is -2.18. The van der Waals surface area contributed by atoms with Gasteiger partial charge in [0, 0.05) is 25.1 Å². The Morgan fingerprint density at radius 3 is 2.25 bits per heavy atom. The van der Waals surface area contributed by atoms with Gasteiger partial charge in [-0.1, -0.05) is 0 Å². The summed E-state index contributed by atoms with van der Waals surface area (Å²) in [4.78, 5) is 12.2. The average molecular weight is 309 g/mol. The van der Waals surface area contributed by atoms with E-state index in [0.29, 0.717) is 4.90 Å². The highest BCUT2D eigenvalue weighted by Crippen LogP contribution is 2.32. The molecular formula is C11H10F3NO4S. The van der Waals surface area contributed by atoms with E-state index in [1.807, 2.05) is 0 Å². The van der Waals surface area contributed by atoms with E-state index < -0.39 is 51.7 Å². The first-order valence-electron chi connectivity index (χ1n) is 5.51. The Labute approximate surface area is 113 Å². The van der Waals surface area contributed by atoms with Gasteiger partial charge in [-0.25, -0.2) is 8.78 Å². The van der Waals surface area contributed by atoms with Crippen LogP contribution < -0.4 is 9.64 Å². The van der Waals surface area contributed by atoms with E-state index in [4.69, 9.17) is 0 Å². The topological polar surface area (TPSA) is 63.7 Å². The maximum absolute atomic E-state index is 13.8. The van der Waals surface area contributed by atoms with Crippen molar-refractivity contribution in [1.82, 2.24) is 0 Å². The second kappa shape index (κ2) is 4.97. The van der Waals surface area contributed by atoms with Gasteiger partial charge in [-0.2, -0.15) is 8.42 Å². The summed E-state index contributed by atoms with van der Waals surface area (Å²) in [5.74, 6) is -3.14. The summed E-state index contributed by atoms with van der Waals surface area (Å²) in [6.45, 7) is -0.627.